The van der Waals surface area contributed by atoms with Gasteiger partial charge in [0.1, 0.15) is 0 Å². The Morgan fingerprint density at radius 2 is 1.89 bits per heavy atom. The van der Waals surface area contributed by atoms with Gasteiger partial charge in [0.15, 0.2) is 17.7 Å². The smallest absolute Gasteiger partial charge is 0.282 e. The maximum absolute atomic E-state index is 13.1. The summed E-state index contributed by atoms with van der Waals surface area (Å²) in [6.07, 6.45) is 3.50. The van der Waals surface area contributed by atoms with E-state index in [0.717, 1.165) is 38.1 Å². The van der Waals surface area contributed by atoms with Gasteiger partial charge in [0, 0.05) is 11.8 Å². The Hall–Kier alpha value is -1.49. The van der Waals surface area contributed by atoms with E-state index in [1.807, 2.05) is 6.92 Å². The number of amides is 1. The summed E-state index contributed by atoms with van der Waals surface area (Å²) in [5, 5.41) is 2.64. The topological polar surface area (TPSA) is 33.5 Å². The summed E-state index contributed by atoms with van der Waals surface area (Å²) >= 11 is 0. The van der Waals surface area contributed by atoms with E-state index in [-0.39, 0.29) is 11.9 Å². The summed E-state index contributed by atoms with van der Waals surface area (Å²) in [5.74, 6) is -2.01. The fourth-order valence-electron chi connectivity index (χ4n) is 2.45. The Kier molecular flexibility index (Phi) is 4.47. The summed E-state index contributed by atoms with van der Waals surface area (Å²) in [7, 11) is 0. The van der Waals surface area contributed by atoms with E-state index < -0.39 is 11.6 Å². The first-order valence-corrected chi connectivity index (χ1v) is 6.68. The van der Waals surface area contributed by atoms with Gasteiger partial charge in [0.2, 0.25) is 0 Å². The zero-order chi connectivity index (χ0) is 13.8. The molecule has 1 heterocycles. The van der Waals surface area contributed by atoms with E-state index in [4.69, 9.17) is 0 Å². The summed E-state index contributed by atoms with van der Waals surface area (Å²) in [6, 6.07) is 3.22. The minimum Gasteiger partial charge on any atom is -0.325 e. The number of rotatable bonds is 3. The molecule has 1 fully saturated rings. The quantitative estimate of drug-likeness (QED) is 0.853. The van der Waals surface area contributed by atoms with Crippen LogP contribution in [0.25, 0.3) is 0 Å². The van der Waals surface area contributed by atoms with Gasteiger partial charge in [0.25, 0.3) is 5.91 Å². The molecule has 0 aromatic heterocycles. The van der Waals surface area contributed by atoms with Crippen LogP contribution in [0.2, 0.25) is 0 Å². The van der Waals surface area contributed by atoms with Crippen LogP contribution >= 0.6 is 0 Å². The Labute approximate surface area is 111 Å². The molecule has 3 nitrogen and oxygen atoms in total. The van der Waals surface area contributed by atoms with Crippen molar-refractivity contribution in [3.63, 3.8) is 0 Å². The molecule has 5 heteroatoms. The van der Waals surface area contributed by atoms with E-state index in [1.165, 1.54) is 17.4 Å². The largest absolute Gasteiger partial charge is 0.325 e. The number of hydrogen-bond acceptors (Lipinski definition) is 1. The molecule has 2 N–H and O–H groups in total. The van der Waals surface area contributed by atoms with Gasteiger partial charge in [-0.25, -0.2) is 8.78 Å². The Bertz CT molecular complexity index is 459. The van der Waals surface area contributed by atoms with Gasteiger partial charge in [-0.15, -0.1) is 0 Å². The molecule has 2 rings (SSSR count). The van der Waals surface area contributed by atoms with Crippen molar-refractivity contribution in [3.05, 3.63) is 29.8 Å². The van der Waals surface area contributed by atoms with Crippen molar-refractivity contribution < 1.29 is 18.5 Å². The Morgan fingerprint density at radius 1 is 1.21 bits per heavy atom. The van der Waals surface area contributed by atoms with Crippen LogP contribution in [0, 0.1) is 11.6 Å². The van der Waals surface area contributed by atoms with E-state index >= 15 is 0 Å². The summed E-state index contributed by atoms with van der Waals surface area (Å²) in [4.78, 5) is 13.3. The van der Waals surface area contributed by atoms with E-state index in [0.29, 0.717) is 5.69 Å². The van der Waals surface area contributed by atoms with E-state index in [1.54, 1.807) is 0 Å². The summed E-state index contributed by atoms with van der Waals surface area (Å²) in [6.45, 7) is 3.86. The number of nitrogens with one attached hydrogen (secondary N) is 2. The fourth-order valence-corrected chi connectivity index (χ4v) is 2.45. The predicted molar refractivity (Wildman–Crippen MR) is 69.0 cm³/mol. The second-order valence-corrected chi connectivity index (χ2v) is 5.06. The third-order valence-electron chi connectivity index (χ3n) is 3.69. The van der Waals surface area contributed by atoms with E-state index in [2.05, 4.69) is 5.32 Å². The highest BCUT2D eigenvalue weighted by molar-refractivity contribution is 5.93. The molecule has 0 saturated carbocycles. The highest BCUT2D eigenvalue weighted by atomic mass is 19.2. The van der Waals surface area contributed by atoms with E-state index in [9.17, 15) is 13.6 Å². The van der Waals surface area contributed by atoms with Crippen LogP contribution in [0.15, 0.2) is 18.2 Å². The van der Waals surface area contributed by atoms with Crippen LogP contribution in [0.3, 0.4) is 0 Å². The number of carbonyl (C=O) groups is 1. The van der Waals surface area contributed by atoms with Crippen molar-refractivity contribution >= 4 is 11.6 Å². The summed E-state index contributed by atoms with van der Waals surface area (Å²) < 4.78 is 25.8. The summed E-state index contributed by atoms with van der Waals surface area (Å²) in [5.41, 5.74) is 0.298. The zero-order valence-electron chi connectivity index (χ0n) is 11.0. The monoisotopic (exact) mass is 269 g/mol. The standard InChI is InChI=1S/C14H18F2N2O/c1-10(18-7-3-2-4-8-18)14(19)17-11-5-6-12(15)13(16)9-11/h5-6,9-10H,2-4,7-8H2,1H3,(H,17,19)/p+1/t10-/m0/s1. The zero-order valence-corrected chi connectivity index (χ0v) is 11.0. The van der Waals surface area contributed by atoms with Gasteiger partial charge in [-0.1, -0.05) is 0 Å². The first kappa shape index (κ1) is 13.9. The number of piperidine rings is 1. The minimum atomic E-state index is -0.948. The predicted octanol–water partition coefficient (Wildman–Crippen LogP) is 1.36. The number of anilines is 1. The molecule has 1 aromatic carbocycles. The number of benzene rings is 1. The number of likely N-dealkylation sites (tertiary alicyclic amines) is 1. The molecule has 0 spiro atoms. The van der Waals surface area contributed by atoms with Gasteiger partial charge in [-0.2, -0.15) is 0 Å². The van der Waals surface area contributed by atoms with Gasteiger partial charge in [-0.3, -0.25) is 4.79 Å². The normalized spacial score (nSPS) is 18.1. The molecule has 1 aromatic rings. The van der Waals surface area contributed by atoms with Gasteiger partial charge < -0.3 is 10.2 Å². The number of halogens is 2. The van der Waals surface area contributed by atoms with Crippen LogP contribution in [0.4, 0.5) is 14.5 Å². The lowest BCUT2D eigenvalue weighted by Gasteiger charge is -2.28. The lowest BCUT2D eigenvalue weighted by Crippen LogP contribution is -3.17. The highest BCUT2D eigenvalue weighted by Gasteiger charge is 2.26. The van der Waals surface area contributed by atoms with Crippen LogP contribution in [-0.2, 0) is 4.79 Å². The molecular weight excluding hydrogens is 250 g/mol. The number of quaternary nitrogens is 1. The molecule has 0 bridgehead atoms. The second kappa shape index (κ2) is 6.10. The Morgan fingerprint density at radius 3 is 2.53 bits per heavy atom. The first-order chi connectivity index (χ1) is 9.08. The second-order valence-electron chi connectivity index (χ2n) is 5.06. The molecule has 19 heavy (non-hydrogen) atoms. The van der Waals surface area contributed by atoms with Crippen molar-refractivity contribution in [2.45, 2.75) is 32.2 Å². The molecule has 0 unspecified atom stereocenters. The van der Waals surface area contributed by atoms with Crippen molar-refractivity contribution in [1.29, 1.82) is 0 Å². The molecule has 1 amide bonds. The maximum Gasteiger partial charge on any atom is 0.282 e. The first-order valence-electron chi connectivity index (χ1n) is 6.68. The van der Waals surface area contributed by atoms with Crippen molar-refractivity contribution in [2.24, 2.45) is 0 Å². The maximum atomic E-state index is 13.1. The molecular formula is C14H19F2N2O+. The van der Waals surface area contributed by atoms with Crippen molar-refractivity contribution in [1.82, 2.24) is 0 Å². The number of hydrogen-bond donors (Lipinski definition) is 2. The lowest BCUT2D eigenvalue weighted by molar-refractivity contribution is -0.918. The SMILES string of the molecule is C[C@@H](C(=O)Nc1ccc(F)c(F)c1)[NH+]1CCCCC1. The van der Waals surface area contributed by atoms with Crippen LogP contribution in [-0.4, -0.2) is 25.0 Å². The fraction of sp³-hybridized carbons (Fsp3) is 0.500. The molecule has 1 saturated heterocycles. The third kappa shape index (κ3) is 3.50. The van der Waals surface area contributed by atoms with Crippen LogP contribution in [0.1, 0.15) is 26.2 Å². The third-order valence-corrected chi connectivity index (χ3v) is 3.69. The molecule has 104 valence electrons. The molecule has 1 aliphatic heterocycles. The highest BCUT2D eigenvalue weighted by Crippen LogP contribution is 2.13. The molecule has 1 aliphatic rings. The Balaban J connectivity index is 1.97. The van der Waals surface area contributed by atoms with Crippen LogP contribution < -0.4 is 10.2 Å². The average Bonchev–Trinajstić information content (AvgIpc) is 2.43. The van der Waals surface area contributed by atoms with Gasteiger partial charge in [0.05, 0.1) is 13.1 Å². The molecule has 0 radical (unpaired) electrons. The minimum absolute atomic E-state index is 0.150. The van der Waals surface area contributed by atoms with Crippen molar-refractivity contribution in [3.8, 4) is 0 Å². The van der Waals surface area contributed by atoms with Gasteiger partial charge >= 0.3 is 0 Å². The lowest BCUT2D eigenvalue weighted by atomic mass is 10.1. The van der Waals surface area contributed by atoms with Crippen LogP contribution in [0.5, 0.6) is 0 Å². The van der Waals surface area contributed by atoms with Crippen molar-refractivity contribution in [2.75, 3.05) is 18.4 Å². The molecule has 0 aliphatic carbocycles. The number of carbonyl (C=O) groups excluding carboxylic acids is 1. The van der Waals surface area contributed by atoms with Gasteiger partial charge in [-0.05, 0) is 38.3 Å². The molecule has 1 atom stereocenters. The average molecular weight is 269 g/mol.